The summed E-state index contributed by atoms with van der Waals surface area (Å²) in [5.74, 6) is 1.36. The molecular weight excluding hydrogens is 266 g/mol. The molecule has 3 rings (SSSR count). The van der Waals surface area contributed by atoms with Crippen molar-refractivity contribution in [1.29, 1.82) is 0 Å². The van der Waals surface area contributed by atoms with E-state index in [1.807, 2.05) is 18.3 Å². The third-order valence-electron chi connectivity index (χ3n) is 3.78. The van der Waals surface area contributed by atoms with Gasteiger partial charge in [-0.3, -0.25) is 0 Å². The van der Waals surface area contributed by atoms with Gasteiger partial charge in [0.15, 0.2) is 0 Å². The van der Waals surface area contributed by atoms with Crippen molar-refractivity contribution in [2.24, 2.45) is 0 Å². The van der Waals surface area contributed by atoms with Gasteiger partial charge in [-0.1, -0.05) is 0 Å². The maximum Gasteiger partial charge on any atom is 0.216 e. The quantitative estimate of drug-likeness (QED) is 0.935. The van der Waals surface area contributed by atoms with Crippen LogP contribution in [0.2, 0.25) is 0 Å². The lowest BCUT2D eigenvalue weighted by Gasteiger charge is -2.21. The molecule has 1 aliphatic carbocycles. The van der Waals surface area contributed by atoms with Crippen molar-refractivity contribution >= 4 is 11.4 Å². The average Bonchev–Trinajstić information content (AvgIpc) is 2.56. The van der Waals surface area contributed by atoms with Crippen molar-refractivity contribution in [1.82, 2.24) is 9.97 Å². The van der Waals surface area contributed by atoms with Gasteiger partial charge in [0.1, 0.15) is 0 Å². The summed E-state index contributed by atoms with van der Waals surface area (Å²) in [6.07, 6.45) is 8.09. The summed E-state index contributed by atoms with van der Waals surface area (Å²) in [5.41, 5.74) is 4.51. The van der Waals surface area contributed by atoms with E-state index < -0.39 is 0 Å². The lowest BCUT2D eigenvalue weighted by atomic mass is 9.91. The van der Waals surface area contributed by atoms with E-state index in [2.05, 4.69) is 15.3 Å². The Kier molecular flexibility index (Phi) is 3.90. The summed E-state index contributed by atoms with van der Waals surface area (Å²) in [7, 11) is 3.29. The number of hydrogen-bond acceptors (Lipinski definition) is 5. The molecule has 21 heavy (non-hydrogen) atoms. The van der Waals surface area contributed by atoms with Gasteiger partial charge < -0.3 is 14.8 Å². The van der Waals surface area contributed by atoms with Gasteiger partial charge >= 0.3 is 0 Å². The van der Waals surface area contributed by atoms with E-state index in [1.165, 1.54) is 24.0 Å². The summed E-state index contributed by atoms with van der Waals surface area (Å²) >= 11 is 0. The number of nitrogens with zero attached hydrogens (tertiary/aromatic N) is 2. The summed E-state index contributed by atoms with van der Waals surface area (Å²) < 4.78 is 10.5. The van der Waals surface area contributed by atoms with Crippen molar-refractivity contribution in [3.05, 3.63) is 35.7 Å². The predicted molar refractivity (Wildman–Crippen MR) is 81.5 cm³/mol. The summed E-state index contributed by atoms with van der Waals surface area (Å²) in [4.78, 5) is 8.62. The molecule has 0 spiro atoms. The summed E-state index contributed by atoms with van der Waals surface area (Å²) in [6.45, 7) is 0. The highest BCUT2D eigenvalue weighted by Crippen LogP contribution is 2.34. The molecule has 0 aliphatic heterocycles. The summed E-state index contributed by atoms with van der Waals surface area (Å²) in [5, 5.41) is 3.40. The van der Waals surface area contributed by atoms with Gasteiger partial charge in [-0.25, -0.2) is 9.97 Å². The number of rotatable bonds is 4. The fraction of sp³-hybridized carbons (Fsp3) is 0.375. The molecule has 5 nitrogen and oxygen atoms in total. The normalized spacial score (nSPS) is 13.4. The Morgan fingerprint density at radius 2 is 1.76 bits per heavy atom. The first kappa shape index (κ1) is 13.7. The molecule has 1 N–H and O–H groups in total. The van der Waals surface area contributed by atoms with Crippen molar-refractivity contribution in [2.75, 3.05) is 19.5 Å². The van der Waals surface area contributed by atoms with Crippen molar-refractivity contribution < 1.29 is 9.47 Å². The number of nitrogens with one attached hydrogen (secondary N) is 1. The monoisotopic (exact) mass is 285 g/mol. The van der Waals surface area contributed by atoms with Crippen LogP contribution in [0.4, 0.5) is 11.4 Å². The Hall–Kier alpha value is -2.30. The van der Waals surface area contributed by atoms with E-state index in [0.717, 1.165) is 30.1 Å². The highest BCUT2D eigenvalue weighted by atomic mass is 16.5. The molecule has 0 saturated heterocycles. The topological polar surface area (TPSA) is 56.3 Å². The molecule has 0 fully saturated rings. The molecule has 2 aromatic rings. The fourth-order valence-corrected chi connectivity index (χ4v) is 2.73. The lowest BCUT2D eigenvalue weighted by Crippen LogP contribution is -2.09. The Balaban J connectivity index is 1.91. The van der Waals surface area contributed by atoms with Gasteiger partial charge in [0, 0.05) is 11.6 Å². The van der Waals surface area contributed by atoms with E-state index in [9.17, 15) is 0 Å². The van der Waals surface area contributed by atoms with Gasteiger partial charge in [-0.05, 0) is 37.3 Å². The van der Waals surface area contributed by atoms with Crippen LogP contribution in [0.5, 0.6) is 11.8 Å². The number of fused-ring (bicyclic) bond motifs is 1. The van der Waals surface area contributed by atoms with Crippen LogP contribution in [0, 0.1) is 0 Å². The van der Waals surface area contributed by atoms with E-state index in [4.69, 9.17) is 9.47 Å². The smallest absolute Gasteiger partial charge is 0.216 e. The highest BCUT2D eigenvalue weighted by molar-refractivity contribution is 5.65. The van der Waals surface area contributed by atoms with Crippen LogP contribution in [0.1, 0.15) is 24.0 Å². The van der Waals surface area contributed by atoms with Gasteiger partial charge in [0.25, 0.3) is 0 Å². The average molecular weight is 285 g/mol. The number of anilines is 2. The molecule has 0 unspecified atom stereocenters. The fourth-order valence-electron chi connectivity index (χ4n) is 2.73. The second-order valence-electron chi connectivity index (χ2n) is 5.06. The zero-order chi connectivity index (χ0) is 14.7. The minimum absolute atomic E-state index is 0.607. The Morgan fingerprint density at radius 3 is 2.43 bits per heavy atom. The van der Waals surface area contributed by atoms with E-state index in [0.29, 0.717) is 5.88 Å². The minimum Gasteiger partial charge on any atom is -0.481 e. The van der Waals surface area contributed by atoms with Crippen molar-refractivity contribution in [3.63, 3.8) is 0 Å². The van der Waals surface area contributed by atoms with E-state index in [1.54, 1.807) is 20.4 Å². The molecule has 1 aliphatic rings. The molecule has 0 radical (unpaired) electrons. The van der Waals surface area contributed by atoms with Crippen LogP contribution in [0.15, 0.2) is 24.5 Å². The molecule has 0 amide bonds. The molecule has 110 valence electrons. The van der Waals surface area contributed by atoms with Crippen LogP contribution in [0.25, 0.3) is 0 Å². The lowest BCUT2D eigenvalue weighted by molar-refractivity contribution is 0.389. The Bertz CT molecular complexity index is 626. The SMILES string of the molecule is COc1ccc(Nc2cnc(OC)c3c2CCCC3)cn1. The molecule has 0 bridgehead atoms. The number of aromatic nitrogens is 2. The molecule has 0 saturated carbocycles. The molecule has 0 atom stereocenters. The third kappa shape index (κ3) is 2.77. The highest BCUT2D eigenvalue weighted by Gasteiger charge is 2.18. The number of pyridine rings is 2. The van der Waals surface area contributed by atoms with E-state index >= 15 is 0 Å². The second-order valence-corrected chi connectivity index (χ2v) is 5.06. The Labute approximate surface area is 124 Å². The third-order valence-corrected chi connectivity index (χ3v) is 3.78. The standard InChI is InChI=1S/C16H19N3O2/c1-20-15-8-7-11(9-17-15)19-14-10-18-16(21-2)13-6-4-3-5-12(13)14/h7-10,19H,3-6H2,1-2H3. The molecule has 5 heteroatoms. The number of ether oxygens (including phenoxy) is 2. The van der Waals surface area contributed by atoms with Gasteiger partial charge in [0.2, 0.25) is 11.8 Å². The summed E-state index contributed by atoms with van der Waals surface area (Å²) in [6, 6.07) is 3.79. The van der Waals surface area contributed by atoms with Gasteiger partial charge in [-0.2, -0.15) is 0 Å². The van der Waals surface area contributed by atoms with Crippen LogP contribution < -0.4 is 14.8 Å². The van der Waals surface area contributed by atoms with Crippen LogP contribution in [-0.4, -0.2) is 24.2 Å². The zero-order valence-corrected chi connectivity index (χ0v) is 12.3. The zero-order valence-electron chi connectivity index (χ0n) is 12.3. The van der Waals surface area contributed by atoms with Gasteiger partial charge in [-0.15, -0.1) is 0 Å². The van der Waals surface area contributed by atoms with Crippen LogP contribution >= 0.6 is 0 Å². The number of hydrogen-bond donors (Lipinski definition) is 1. The maximum absolute atomic E-state index is 5.38. The molecule has 2 aromatic heterocycles. The predicted octanol–water partition coefficient (Wildman–Crippen LogP) is 3.12. The van der Waals surface area contributed by atoms with E-state index in [-0.39, 0.29) is 0 Å². The van der Waals surface area contributed by atoms with Crippen LogP contribution in [-0.2, 0) is 12.8 Å². The van der Waals surface area contributed by atoms with Crippen LogP contribution in [0.3, 0.4) is 0 Å². The maximum atomic E-state index is 5.38. The Morgan fingerprint density at radius 1 is 0.952 bits per heavy atom. The first-order valence-corrected chi connectivity index (χ1v) is 7.13. The molecular formula is C16H19N3O2. The number of methoxy groups -OCH3 is 2. The molecule has 2 heterocycles. The van der Waals surface area contributed by atoms with Crippen molar-refractivity contribution in [3.8, 4) is 11.8 Å². The minimum atomic E-state index is 0.607. The van der Waals surface area contributed by atoms with Gasteiger partial charge in [0.05, 0.1) is 38.0 Å². The van der Waals surface area contributed by atoms with Crippen molar-refractivity contribution in [2.45, 2.75) is 25.7 Å². The molecule has 0 aromatic carbocycles. The second kappa shape index (κ2) is 5.99. The largest absolute Gasteiger partial charge is 0.481 e. The first-order chi connectivity index (χ1) is 10.3. The first-order valence-electron chi connectivity index (χ1n) is 7.13.